The van der Waals surface area contributed by atoms with Gasteiger partial charge < -0.3 is 24.8 Å². The van der Waals surface area contributed by atoms with Gasteiger partial charge in [0.1, 0.15) is 5.75 Å². The zero-order chi connectivity index (χ0) is 18.9. The molecule has 1 N–H and O–H groups in total. The summed E-state index contributed by atoms with van der Waals surface area (Å²) >= 11 is 0. The minimum Gasteiger partial charge on any atom is -0.496 e. The number of guanidine groups is 1. The number of ether oxygens (including phenoxy) is 1. The third-order valence-electron chi connectivity index (χ3n) is 4.95. The van der Waals surface area contributed by atoms with Crippen LogP contribution in [0.1, 0.15) is 12.5 Å². The van der Waals surface area contributed by atoms with Gasteiger partial charge in [-0.1, -0.05) is 25.1 Å². The van der Waals surface area contributed by atoms with Gasteiger partial charge in [0.05, 0.1) is 7.11 Å². The van der Waals surface area contributed by atoms with E-state index in [-0.39, 0.29) is 24.0 Å². The molecule has 0 saturated carbocycles. The molecule has 1 heterocycles. The van der Waals surface area contributed by atoms with Crippen LogP contribution in [0.15, 0.2) is 29.3 Å². The predicted molar refractivity (Wildman–Crippen MR) is 124 cm³/mol. The van der Waals surface area contributed by atoms with E-state index in [1.165, 1.54) is 26.2 Å². The Balaban J connectivity index is 0.00000364. The Morgan fingerprint density at radius 1 is 1.26 bits per heavy atom. The van der Waals surface area contributed by atoms with Gasteiger partial charge in [0.25, 0.3) is 0 Å². The van der Waals surface area contributed by atoms with Crippen LogP contribution in [0.3, 0.4) is 0 Å². The third kappa shape index (κ3) is 7.83. The van der Waals surface area contributed by atoms with Crippen molar-refractivity contribution >= 4 is 29.9 Å². The molecule has 0 amide bonds. The number of hydrogen-bond acceptors (Lipinski definition) is 4. The first-order valence-corrected chi connectivity index (χ1v) is 9.48. The van der Waals surface area contributed by atoms with Gasteiger partial charge in [-0.2, -0.15) is 0 Å². The second kappa shape index (κ2) is 12.4. The number of benzene rings is 1. The van der Waals surface area contributed by atoms with E-state index in [2.05, 4.69) is 52.1 Å². The maximum Gasteiger partial charge on any atom is 0.193 e. The monoisotopic (exact) mass is 489 g/mol. The van der Waals surface area contributed by atoms with Crippen LogP contribution in [0.4, 0.5) is 0 Å². The van der Waals surface area contributed by atoms with Crippen LogP contribution in [0.25, 0.3) is 0 Å². The van der Waals surface area contributed by atoms with Crippen LogP contribution in [-0.4, -0.2) is 88.2 Å². The molecule has 1 saturated heterocycles. The molecule has 1 aromatic carbocycles. The molecule has 1 aliphatic rings. The number of likely N-dealkylation sites (N-methyl/N-ethyl adjacent to an activating group) is 1. The molecule has 0 bridgehead atoms. The zero-order valence-electron chi connectivity index (χ0n) is 17.4. The summed E-state index contributed by atoms with van der Waals surface area (Å²) in [5.41, 5.74) is 1.16. The van der Waals surface area contributed by atoms with E-state index in [0.29, 0.717) is 5.92 Å². The molecule has 1 atom stereocenters. The van der Waals surface area contributed by atoms with Gasteiger partial charge >= 0.3 is 0 Å². The van der Waals surface area contributed by atoms with Crippen LogP contribution in [0.5, 0.6) is 5.75 Å². The lowest BCUT2D eigenvalue weighted by atomic mass is 10.1. The van der Waals surface area contributed by atoms with Gasteiger partial charge in [0.2, 0.25) is 0 Å². The number of hydrogen-bond donors (Lipinski definition) is 1. The molecule has 0 radical (unpaired) electrons. The Hall–Kier alpha value is -1.06. The Kier molecular flexibility index (Phi) is 11.0. The lowest BCUT2D eigenvalue weighted by Crippen LogP contribution is -2.47. The van der Waals surface area contributed by atoms with Crippen molar-refractivity contribution < 1.29 is 4.74 Å². The van der Waals surface area contributed by atoms with E-state index in [4.69, 9.17) is 4.74 Å². The summed E-state index contributed by atoms with van der Waals surface area (Å²) in [5.74, 6) is 2.41. The Morgan fingerprint density at radius 2 is 1.93 bits per heavy atom. The maximum absolute atomic E-state index is 5.45. The average molecular weight is 489 g/mol. The molecule has 6 nitrogen and oxygen atoms in total. The normalized spacial score (nSPS) is 17.1. The highest BCUT2D eigenvalue weighted by atomic mass is 127. The van der Waals surface area contributed by atoms with E-state index in [1.54, 1.807) is 7.11 Å². The number of nitrogens with one attached hydrogen (secondary N) is 1. The summed E-state index contributed by atoms with van der Waals surface area (Å²) in [6, 6.07) is 8.13. The molecule has 1 aliphatic heterocycles. The number of methoxy groups -OCH3 is 1. The summed E-state index contributed by atoms with van der Waals surface area (Å²) in [6.45, 7) is 9.80. The van der Waals surface area contributed by atoms with Gasteiger partial charge in [0, 0.05) is 65.5 Å². The fourth-order valence-corrected chi connectivity index (χ4v) is 3.35. The third-order valence-corrected chi connectivity index (χ3v) is 4.95. The zero-order valence-corrected chi connectivity index (χ0v) is 19.8. The smallest absolute Gasteiger partial charge is 0.193 e. The largest absolute Gasteiger partial charge is 0.496 e. The standard InChI is InChI=1S/C20H35N5O.HI/c1-17(15-25-12-10-23(3)11-13-25)14-22-20(21-2)24(4)16-18-8-6-7-9-19(18)26-5;/h6-9,17H,10-16H2,1-5H3,(H,21,22);1H. The summed E-state index contributed by atoms with van der Waals surface area (Å²) in [7, 11) is 7.81. The van der Waals surface area contributed by atoms with Crippen molar-refractivity contribution in [1.29, 1.82) is 0 Å². The molecule has 1 aromatic rings. The Morgan fingerprint density at radius 3 is 2.56 bits per heavy atom. The highest BCUT2D eigenvalue weighted by Gasteiger charge is 2.17. The molecule has 27 heavy (non-hydrogen) atoms. The molecule has 1 unspecified atom stereocenters. The van der Waals surface area contributed by atoms with Gasteiger partial charge in [0.15, 0.2) is 5.96 Å². The fourth-order valence-electron chi connectivity index (χ4n) is 3.35. The first-order valence-electron chi connectivity index (χ1n) is 9.48. The highest BCUT2D eigenvalue weighted by Crippen LogP contribution is 2.18. The summed E-state index contributed by atoms with van der Waals surface area (Å²) in [6.07, 6.45) is 0. The number of halogens is 1. The van der Waals surface area contributed by atoms with Crippen LogP contribution < -0.4 is 10.1 Å². The maximum atomic E-state index is 5.45. The number of piperazine rings is 1. The van der Waals surface area contributed by atoms with E-state index < -0.39 is 0 Å². The minimum absolute atomic E-state index is 0. The van der Waals surface area contributed by atoms with Crippen LogP contribution >= 0.6 is 24.0 Å². The molecule has 2 rings (SSSR count). The predicted octanol–water partition coefficient (Wildman–Crippen LogP) is 2.20. The summed E-state index contributed by atoms with van der Waals surface area (Å²) in [5, 5.41) is 3.52. The first-order chi connectivity index (χ1) is 12.5. The molecule has 0 spiro atoms. The van der Waals surface area contributed by atoms with Crippen molar-refractivity contribution in [2.45, 2.75) is 13.5 Å². The Bertz CT molecular complexity index is 575. The summed E-state index contributed by atoms with van der Waals surface area (Å²) in [4.78, 5) is 11.5. The van der Waals surface area contributed by atoms with Crippen molar-refractivity contribution in [3.63, 3.8) is 0 Å². The molecule has 154 valence electrons. The first kappa shape index (κ1) is 24.0. The molecule has 1 fully saturated rings. The lowest BCUT2D eigenvalue weighted by Gasteiger charge is -2.34. The van der Waals surface area contributed by atoms with Crippen molar-refractivity contribution in [2.24, 2.45) is 10.9 Å². The SMILES string of the molecule is CN=C(NCC(C)CN1CCN(C)CC1)N(C)Cc1ccccc1OC.I. The summed E-state index contributed by atoms with van der Waals surface area (Å²) < 4.78 is 5.45. The molecule has 0 aromatic heterocycles. The topological polar surface area (TPSA) is 43.3 Å². The average Bonchev–Trinajstić information content (AvgIpc) is 2.64. The van der Waals surface area contributed by atoms with Crippen LogP contribution in [0.2, 0.25) is 0 Å². The van der Waals surface area contributed by atoms with Gasteiger partial charge in [-0.05, 0) is 19.0 Å². The second-order valence-corrected chi connectivity index (χ2v) is 7.31. The number of para-hydroxylation sites is 1. The van der Waals surface area contributed by atoms with E-state index >= 15 is 0 Å². The molecular weight excluding hydrogens is 453 g/mol. The van der Waals surface area contributed by atoms with E-state index in [9.17, 15) is 0 Å². The van der Waals surface area contributed by atoms with Crippen LogP contribution in [0, 0.1) is 5.92 Å². The fraction of sp³-hybridized carbons (Fsp3) is 0.650. The lowest BCUT2D eigenvalue weighted by molar-refractivity contribution is 0.139. The molecular formula is C20H36IN5O. The van der Waals surface area contributed by atoms with Gasteiger partial charge in [-0.3, -0.25) is 4.99 Å². The van der Waals surface area contributed by atoms with Crippen molar-refractivity contribution in [1.82, 2.24) is 20.0 Å². The van der Waals surface area contributed by atoms with Crippen molar-refractivity contribution in [2.75, 3.05) is 67.5 Å². The highest BCUT2D eigenvalue weighted by molar-refractivity contribution is 14.0. The number of nitrogens with zero attached hydrogens (tertiary/aromatic N) is 4. The quantitative estimate of drug-likeness (QED) is 0.362. The van der Waals surface area contributed by atoms with Crippen molar-refractivity contribution in [3.05, 3.63) is 29.8 Å². The minimum atomic E-state index is 0. The van der Waals surface area contributed by atoms with Gasteiger partial charge in [-0.15, -0.1) is 24.0 Å². The van der Waals surface area contributed by atoms with E-state index in [1.807, 2.05) is 25.2 Å². The molecule has 7 heteroatoms. The van der Waals surface area contributed by atoms with E-state index in [0.717, 1.165) is 36.9 Å². The molecule has 0 aliphatic carbocycles. The number of aliphatic imine (C=N–C) groups is 1. The second-order valence-electron chi connectivity index (χ2n) is 7.31. The van der Waals surface area contributed by atoms with Crippen molar-refractivity contribution in [3.8, 4) is 5.75 Å². The number of rotatable bonds is 7. The van der Waals surface area contributed by atoms with Gasteiger partial charge in [-0.25, -0.2) is 0 Å². The Labute approximate surface area is 182 Å². The van der Waals surface area contributed by atoms with Crippen LogP contribution in [-0.2, 0) is 6.54 Å².